The Morgan fingerprint density at radius 3 is 2.00 bits per heavy atom. The Labute approximate surface area is 62.4 Å². The van der Waals surface area contributed by atoms with Crippen LogP contribution in [0.5, 0.6) is 0 Å². The van der Waals surface area contributed by atoms with E-state index < -0.39 is 0 Å². The van der Waals surface area contributed by atoms with Crippen LogP contribution in [0, 0.1) is 0 Å². The van der Waals surface area contributed by atoms with Crippen molar-refractivity contribution in [1.82, 2.24) is 0 Å². The Kier molecular flexibility index (Phi) is 6.61. The summed E-state index contributed by atoms with van der Waals surface area (Å²) >= 11 is 0. The molecule has 0 amide bonds. The van der Waals surface area contributed by atoms with Gasteiger partial charge in [-0.1, -0.05) is 0 Å². The van der Waals surface area contributed by atoms with E-state index in [0.717, 1.165) is 13.0 Å². The van der Waals surface area contributed by atoms with Gasteiger partial charge in [0.25, 0.3) is 0 Å². The van der Waals surface area contributed by atoms with Gasteiger partial charge in [0.2, 0.25) is 0 Å². The highest BCUT2D eigenvalue weighted by atomic mass is 35.5. The lowest BCUT2D eigenvalue weighted by Crippen LogP contribution is -3.00. The largest absolute Gasteiger partial charge is 1.00 e. The van der Waals surface area contributed by atoms with Gasteiger partial charge >= 0.3 is 0 Å². The Hall–Kier alpha value is 0.170. The van der Waals surface area contributed by atoms with Gasteiger partial charge in [-0.15, -0.1) is 0 Å². The molecule has 0 heterocycles. The second-order valence-corrected chi connectivity index (χ2v) is 2.58. The molecule has 4 heteroatoms. The van der Waals surface area contributed by atoms with Gasteiger partial charge in [-0.05, 0) is 0 Å². The molecular weight excluding hydrogens is 140 g/mol. The first-order valence-electron chi connectivity index (χ1n) is 2.79. The second kappa shape index (κ2) is 4.99. The Morgan fingerprint density at radius 1 is 1.44 bits per heavy atom. The zero-order chi connectivity index (χ0) is 6.62. The van der Waals surface area contributed by atoms with Crippen molar-refractivity contribution in [3.63, 3.8) is 0 Å². The van der Waals surface area contributed by atoms with Crippen LogP contribution in [0.3, 0.4) is 0 Å². The lowest BCUT2D eigenvalue weighted by atomic mass is 10.4. The average molecular weight is 155 g/mol. The SMILES string of the molecule is C[N+](C)(N)CCCO.[Cl-]. The predicted octanol–water partition coefficient (Wildman–Crippen LogP) is -3.68. The summed E-state index contributed by atoms with van der Waals surface area (Å²) in [5, 5.41) is 8.36. The van der Waals surface area contributed by atoms with E-state index in [9.17, 15) is 0 Å². The van der Waals surface area contributed by atoms with Gasteiger partial charge in [0.05, 0.1) is 20.6 Å². The van der Waals surface area contributed by atoms with E-state index in [2.05, 4.69) is 0 Å². The van der Waals surface area contributed by atoms with Crippen molar-refractivity contribution in [2.45, 2.75) is 6.42 Å². The first kappa shape index (κ1) is 11.9. The maximum Gasteiger partial charge on any atom is 0.0978 e. The third-order valence-electron chi connectivity index (χ3n) is 0.893. The fourth-order valence-corrected chi connectivity index (χ4v) is 0.478. The highest BCUT2D eigenvalue weighted by Crippen LogP contribution is 1.86. The molecule has 0 bridgehead atoms. The van der Waals surface area contributed by atoms with Crippen LogP contribution in [0.4, 0.5) is 0 Å². The summed E-state index contributed by atoms with van der Waals surface area (Å²) in [5.74, 6) is 5.55. The molecule has 0 spiro atoms. The molecule has 58 valence electrons. The summed E-state index contributed by atoms with van der Waals surface area (Å²) in [6.45, 7) is 1.06. The quantitative estimate of drug-likeness (QED) is 0.250. The van der Waals surface area contributed by atoms with E-state index in [1.54, 1.807) is 0 Å². The van der Waals surface area contributed by atoms with Crippen molar-refractivity contribution in [3.8, 4) is 0 Å². The summed E-state index contributed by atoms with van der Waals surface area (Å²) in [6, 6.07) is 0. The minimum atomic E-state index is 0. The van der Waals surface area contributed by atoms with E-state index in [1.807, 2.05) is 14.1 Å². The fourth-order valence-electron chi connectivity index (χ4n) is 0.478. The van der Waals surface area contributed by atoms with E-state index in [1.165, 1.54) is 0 Å². The maximum absolute atomic E-state index is 8.36. The van der Waals surface area contributed by atoms with Crippen LogP contribution in [0.1, 0.15) is 6.42 Å². The Bertz CT molecular complexity index is 62.5. The molecule has 0 aliphatic rings. The van der Waals surface area contributed by atoms with Crippen molar-refractivity contribution in [3.05, 3.63) is 0 Å². The summed E-state index contributed by atoms with van der Waals surface area (Å²) in [6.07, 6.45) is 0.781. The molecule has 0 radical (unpaired) electrons. The molecule has 3 N–H and O–H groups in total. The zero-order valence-corrected chi connectivity index (χ0v) is 6.73. The van der Waals surface area contributed by atoms with Crippen LogP contribution in [0.2, 0.25) is 0 Å². The monoisotopic (exact) mass is 154 g/mol. The molecule has 9 heavy (non-hydrogen) atoms. The summed E-state index contributed by atoms with van der Waals surface area (Å²) in [5.41, 5.74) is 0. The van der Waals surface area contributed by atoms with Crippen LogP contribution in [-0.4, -0.2) is 36.9 Å². The molecule has 0 aliphatic carbocycles. The number of aliphatic hydroxyl groups is 1. The van der Waals surface area contributed by atoms with E-state index >= 15 is 0 Å². The van der Waals surface area contributed by atoms with Crippen molar-refractivity contribution < 1.29 is 22.1 Å². The van der Waals surface area contributed by atoms with Gasteiger partial charge in [0, 0.05) is 13.0 Å². The Balaban J connectivity index is 0. The summed E-state index contributed by atoms with van der Waals surface area (Å²) < 4.78 is 0.445. The number of rotatable bonds is 3. The van der Waals surface area contributed by atoms with E-state index in [4.69, 9.17) is 10.9 Å². The van der Waals surface area contributed by atoms with Gasteiger partial charge in [-0.25, -0.2) is 0 Å². The number of hydrogen-bond donors (Lipinski definition) is 2. The molecule has 0 unspecified atom stereocenters. The first-order chi connectivity index (χ1) is 3.56. The second-order valence-electron chi connectivity index (χ2n) is 2.58. The molecule has 0 atom stereocenters. The number of aliphatic hydroxyl groups excluding tert-OH is 1. The summed E-state index contributed by atoms with van der Waals surface area (Å²) in [4.78, 5) is 0. The van der Waals surface area contributed by atoms with Crippen molar-refractivity contribution in [2.24, 2.45) is 5.84 Å². The fraction of sp³-hybridized carbons (Fsp3) is 1.00. The van der Waals surface area contributed by atoms with Crippen molar-refractivity contribution in [1.29, 1.82) is 0 Å². The van der Waals surface area contributed by atoms with E-state index in [-0.39, 0.29) is 19.0 Å². The molecule has 0 aromatic heterocycles. The van der Waals surface area contributed by atoms with E-state index in [0.29, 0.717) is 4.59 Å². The molecule has 0 saturated carbocycles. The smallest absolute Gasteiger partial charge is 0.0978 e. The van der Waals surface area contributed by atoms with Crippen molar-refractivity contribution >= 4 is 0 Å². The van der Waals surface area contributed by atoms with Crippen molar-refractivity contribution in [2.75, 3.05) is 27.2 Å². The lowest BCUT2D eigenvalue weighted by molar-refractivity contribution is -0.902. The third-order valence-corrected chi connectivity index (χ3v) is 0.893. The molecule has 3 nitrogen and oxygen atoms in total. The molecule has 0 rings (SSSR count). The third kappa shape index (κ3) is 11.6. The van der Waals surface area contributed by atoms with Gasteiger partial charge in [-0.3, -0.25) is 4.59 Å². The van der Waals surface area contributed by atoms with Crippen LogP contribution >= 0.6 is 0 Å². The summed E-state index contributed by atoms with van der Waals surface area (Å²) in [7, 11) is 3.80. The van der Waals surface area contributed by atoms with Gasteiger partial charge in [0.15, 0.2) is 0 Å². The van der Waals surface area contributed by atoms with Gasteiger partial charge in [0.1, 0.15) is 0 Å². The molecule has 0 saturated heterocycles. The number of halogens is 1. The van der Waals surface area contributed by atoms with Crippen LogP contribution in [-0.2, 0) is 0 Å². The molecule has 0 aromatic carbocycles. The number of nitrogens with two attached hydrogens (primary N) is 1. The van der Waals surface area contributed by atoms with Crippen LogP contribution in [0.25, 0.3) is 0 Å². The highest BCUT2D eigenvalue weighted by molar-refractivity contribution is 4.27. The molecule has 0 aromatic rings. The van der Waals surface area contributed by atoms with Crippen LogP contribution < -0.4 is 18.2 Å². The Morgan fingerprint density at radius 2 is 1.89 bits per heavy atom. The highest BCUT2D eigenvalue weighted by Gasteiger charge is 2.04. The lowest BCUT2D eigenvalue weighted by Gasteiger charge is -2.21. The maximum atomic E-state index is 8.36. The topological polar surface area (TPSA) is 46.2 Å². The molecule has 0 fully saturated rings. The van der Waals surface area contributed by atoms with Crippen LogP contribution in [0.15, 0.2) is 0 Å². The molecule has 0 aliphatic heterocycles. The predicted molar refractivity (Wildman–Crippen MR) is 32.9 cm³/mol. The number of nitrogens with zero attached hydrogens (tertiary/aromatic N) is 1. The normalized spacial score (nSPS) is 10.7. The number of quaternary nitrogens is 1. The molecular formula is C5H15ClN2O. The first-order valence-corrected chi connectivity index (χ1v) is 2.79. The van der Waals surface area contributed by atoms with Gasteiger partial charge < -0.3 is 17.5 Å². The standard InChI is InChI=1S/C5H15N2O.ClH/c1-7(2,6)4-3-5-8;/h8H,3-6H2,1-2H3;1H/q+1;/p-1. The minimum absolute atomic E-state index is 0. The minimum Gasteiger partial charge on any atom is -1.00 e. The number of hydrogen-bond acceptors (Lipinski definition) is 2. The zero-order valence-electron chi connectivity index (χ0n) is 5.97. The van der Waals surface area contributed by atoms with Gasteiger partial charge in [-0.2, -0.15) is 5.84 Å². The average Bonchev–Trinajstić information content (AvgIpc) is 1.59.